The van der Waals surface area contributed by atoms with Crippen LogP contribution in [-0.4, -0.2) is 48.6 Å². The lowest BCUT2D eigenvalue weighted by atomic mass is 9.93. The minimum atomic E-state index is -0.0228. The van der Waals surface area contributed by atoms with Crippen LogP contribution in [0, 0.1) is 5.92 Å². The Hall–Kier alpha value is -1.56. The van der Waals surface area contributed by atoms with Gasteiger partial charge in [0.2, 0.25) is 5.89 Å². The van der Waals surface area contributed by atoms with Gasteiger partial charge in [0.15, 0.2) is 5.96 Å². The van der Waals surface area contributed by atoms with Crippen molar-refractivity contribution in [1.82, 2.24) is 20.5 Å². The van der Waals surface area contributed by atoms with Crippen LogP contribution in [0.15, 0.2) is 15.6 Å². The van der Waals surface area contributed by atoms with Crippen molar-refractivity contribution in [2.75, 3.05) is 32.7 Å². The van der Waals surface area contributed by atoms with Crippen molar-refractivity contribution in [3.05, 3.63) is 17.8 Å². The smallest absolute Gasteiger partial charge is 0.216 e. The van der Waals surface area contributed by atoms with Crippen LogP contribution in [0.25, 0.3) is 0 Å². The third-order valence-electron chi connectivity index (χ3n) is 5.01. The van der Waals surface area contributed by atoms with E-state index in [9.17, 15) is 0 Å². The summed E-state index contributed by atoms with van der Waals surface area (Å²) in [6.07, 6.45) is 5.65. The molecule has 1 aromatic heterocycles. The van der Waals surface area contributed by atoms with Crippen LogP contribution in [0.5, 0.6) is 0 Å². The van der Waals surface area contributed by atoms with Crippen LogP contribution in [0.4, 0.5) is 0 Å². The van der Waals surface area contributed by atoms with E-state index < -0.39 is 0 Å². The maximum absolute atomic E-state index is 5.82. The quantitative estimate of drug-likeness (QED) is 0.575. The summed E-state index contributed by atoms with van der Waals surface area (Å²) in [7, 11) is 0. The first-order valence-corrected chi connectivity index (χ1v) is 10.1. The van der Waals surface area contributed by atoms with E-state index in [0.29, 0.717) is 12.4 Å². The van der Waals surface area contributed by atoms with Gasteiger partial charge >= 0.3 is 0 Å². The SMILES string of the molecule is CCNC(=NCc1ncc(C(C)(C)C)o1)NCCC1CCN(CC)CC1. The number of guanidine groups is 1. The highest BCUT2D eigenvalue weighted by atomic mass is 16.4. The summed E-state index contributed by atoms with van der Waals surface area (Å²) in [4.78, 5) is 11.5. The molecule has 2 heterocycles. The zero-order valence-corrected chi connectivity index (χ0v) is 17.3. The molecule has 6 nitrogen and oxygen atoms in total. The molecule has 1 saturated heterocycles. The van der Waals surface area contributed by atoms with E-state index in [-0.39, 0.29) is 5.41 Å². The minimum absolute atomic E-state index is 0.0228. The second-order valence-corrected chi connectivity index (χ2v) is 8.16. The number of hydrogen-bond acceptors (Lipinski definition) is 4. The molecular weight excluding hydrogens is 326 g/mol. The monoisotopic (exact) mass is 363 g/mol. The lowest BCUT2D eigenvalue weighted by Gasteiger charge is -2.31. The highest BCUT2D eigenvalue weighted by Gasteiger charge is 2.19. The molecule has 1 aliphatic heterocycles. The maximum atomic E-state index is 5.82. The summed E-state index contributed by atoms with van der Waals surface area (Å²) in [6.45, 7) is 16.6. The van der Waals surface area contributed by atoms with E-state index in [1.54, 1.807) is 0 Å². The molecule has 0 radical (unpaired) electrons. The first-order valence-electron chi connectivity index (χ1n) is 10.1. The van der Waals surface area contributed by atoms with Gasteiger partial charge in [0.05, 0.1) is 6.20 Å². The number of piperidine rings is 1. The average Bonchev–Trinajstić information content (AvgIpc) is 3.10. The van der Waals surface area contributed by atoms with Crippen LogP contribution in [0.2, 0.25) is 0 Å². The molecule has 0 saturated carbocycles. The average molecular weight is 364 g/mol. The summed E-state index contributed by atoms with van der Waals surface area (Å²) in [5, 5.41) is 6.76. The van der Waals surface area contributed by atoms with E-state index in [0.717, 1.165) is 30.7 Å². The second kappa shape index (κ2) is 9.95. The number of hydrogen-bond donors (Lipinski definition) is 2. The van der Waals surface area contributed by atoms with Gasteiger partial charge in [0, 0.05) is 18.5 Å². The predicted octanol–water partition coefficient (Wildman–Crippen LogP) is 3.15. The standard InChI is InChI=1S/C20H37N5O/c1-6-21-19(22-11-8-16-9-12-25(7-2)13-10-16)24-15-18-23-14-17(26-18)20(3,4)5/h14,16H,6-13,15H2,1-5H3,(H2,21,22,24). The summed E-state index contributed by atoms with van der Waals surface area (Å²) < 4.78 is 5.82. The molecule has 0 bridgehead atoms. The Bertz CT molecular complexity index is 553. The molecule has 0 unspecified atom stereocenters. The van der Waals surface area contributed by atoms with Crippen molar-refractivity contribution in [2.24, 2.45) is 10.9 Å². The van der Waals surface area contributed by atoms with Crippen LogP contribution < -0.4 is 10.6 Å². The Morgan fingerprint density at radius 2 is 2.00 bits per heavy atom. The Morgan fingerprint density at radius 1 is 1.27 bits per heavy atom. The topological polar surface area (TPSA) is 65.7 Å². The van der Waals surface area contributed by atoms with Crippen molar-refractivity contribution >= 4 is 5.96 Å². The fraction of sp³-hybridized carbons (Fsp3) is 0.800. The Balaban J connectivity index is 1.78. The number of nitrogens with zero attached hydrogens (tertiary/aromatic N) is 3. The number of aliphatic imine (C=N–C) groups is 1. The number of aromatic nitrogens is 1. The summed E-state index contributed by atoms with van der Waals surface area (Å²) in [5.41, 5.74) is -0.0228. The third kappa shape index (κ3) is 6.63. The highest BCUT2D eigenvalue weighted by molar-refractivity contribution is 5.79. The van der Waals surface area contributed by atoms with Gasteiger partial charge in [-0.2, -0.15) is 0 Å². The van der Waals surface area contributed by atoms with Gasteiger partial charge < -0.3 is 20.0 Å². The fourth-order valence-electron chi connectivity index (χ4n) is 3.20. The van der Waals surface area contributed by atoms with Gasteiger partial charge in [-0.3, -0.25) is 0 Å². The molecule has 26 heavy (non-hydrogen) atoms. The van der Waals surface area contributed by atoms with Crippen molar-refractivity contribution in [3.63, 3.8) is 0 Å². The van der Waals surface area contributed by atoms with Crippen molar-refractivity contribution in [1.29, 1.82) is 0 Å². The Morgan fingerprint density at radius 3 is 2.58 bits per heavy atom. The second-order valence-electron chi connectivity index (χ2n) is 8.16. The largest absolute Gasteiger partial charge is 0.443 e. The number of oxazole rings is 1. The van der Waals surface area contributed by atoms with E-state index in [4.69, 9.17) is 4.42 Å². The molecule has 0 atom stereocenters. The van der Waals surface area contributed by atoms with Crippen LogP contribution in [0.3, 0.4) is 0 Å². The molecule has 1 fully saturated rings. The summed E-state index contributed by atoms with van der Waals surface area (Å²) in [6, 6.07) is 0. The number of rotatable bonds is 7. The predicted molar refractivity (Wildman–Crippen MR) is 107 cm³/mol. The third-order valence-corrected chi connectivity index (χ3v) is 5.01. The molecule has 0 spiro atoms. The van der Waals surface area contributed by atoms with Crippen LogP contribution >= 0.6 is 0 Å². The molecule has 2 N–H and O–H groups in total. The zero-order valence-electron chi connectivity index (χ0n) is 17.3. The Kier molecular flexibility index (Phi) is 7.94. The molecule has 0 aromatic carbocycles. The maximum Gasteiger partial charge on any atom is 0.216 e. The van der Waals surface area contributed by atoms with Gasteiger partial charge in [-0.05, 0) is 51.7 Å². The van der Waals surface area contributed by atoms with Crippen molar-refractivity contribution in [2.45, 2.75) is 65.8 Å². The van der Waals surface area contributed by atoms with E-state index in [1.807, 2.05) is 6.20 Å². The molecule has 1 aliphatic rings. The van der Waals surface area contributed by atoms with Gasteiger partial charge in [-0.25, -0.2) is 9.98 Å². The molecule has 1 aromatic rings. The molecule has 6 heteroatoms. The highest BCUT2D eigenvalue weighted by Crippen LogP contribution is 2.23. The Labute approximate surface area is 158 Å². The van der Waals surface area contributed by atoms with E-state index in [1.165, 1.54) is 38.9 Å². The summed E-state index contributed by atoms with van der Waals surface area (Å²) >= 11 is 0. The van der Waals surface area contributed by atoms with Crippen molar-refractivity contribution in [3.8, 4) is 0 Å². The number of nitrogens with one attached hydrogen (secondary N) is 2. The van der Waals surface area contributed by atoms with E-state index >= 15 is 0 Å². The molecule has 148 valence electrons. The van der Waals surface area contributed by atoms with Gasteiger partial charge in [0.25, 0.3) is 0 Å². The van der Waals surface area contributed by atoms with Gasteiger partial charge in [-0.15, -0.1) is 0 Å². The first kappa shape index (κ1) is 20.7. The normalized spacial score (nSPS) is 17.5. The van der Waals surface area contributed by atoms with Gasteiger partial charge in [-0.1, -0.05) is 27.7 Å². The minimum Gasteiger partial charge on any atom is -0.443 e. The van der Waals surface area contributed by atoms with Crippen molar-refractivity contribution < 1.29 is 4.42 Å². The zero-order chi connectivity index (χ0) is 19.0. The van der Waals surface area contributed by atoms with E-state index in [2.05, 4.69) is 60.1 Å². The first-order chi connectivity index (χ1) is 12.4. The molecule has 0 amide bonds. The number of likely N-dealkylation sites (tertiary alicyclic amines) is 1. The van der Waals surface area contributed by atoms with Gasteiger partial charge in [0.1, 0.15) is 12.3 Å². The van der Waals surface area contributed by atoms with Crippen LogP contribution in [-0.2, 0) is 12.0 Å². The van der Waals surface area contributed by atoms with Crippen LogP contribution in [0.1, 0.15) is 65.5 Å². The molecular formula is C20H37N5O. The molecule has 2 rings (SSSR count). The molecule has 0 aliphatic carbocycles. The lowest BCUT2D eigenvalue weighted by molar-refractivity contribution is 0.187. The fourth-order valence-corrected chi connectivity index (χ4v) is 3.20. The summed E-state index contributed by atoms with van der Waals surface area (Å²) in [5.74, 6) is 3.24. The lowest BCUT2D eigenvalue weighted by Crippen LogP contribution is -2.39.